The van der Waals surface area contributed by atoms with E-state index in [0.717, 1.165) is 21.2 Å². The zero-order valence-electron chi connectivity index (χ0n) is 11.5. The van der Waals surface area contributed by atoms with Gasteiger partial charge in [-0.05, 0) is 36.2 Å². The highest BCUT2D eigenvalue weighted by Gasteiger charge is 2.17. The summed E-state index contributed by atoms with van der Waals surface area (Å²) >= 11 is 3.44. The van der Waals surface area contributed by atoms with Crippen molar-refractivity contribution in [2.45, 2.75) is 13.0 Å². The van der Waals surface area contributed by atoms with Gasteiger partial charge in [0.25, 0.3) is 0 Å². The molecule has 1 unspecified atom stereocenters. The topological polar surface area (TPSA) is 64.9 Å². The largest absolute Gasteiger partial charge is 0.419 e. The maximum atomic E-state index is 6.17. The number of rotatable bonds is 3. The molecule has 0 spiro atoms. The van der Waals surface area contributed by atoms with Crippen molar-refractivity contribution in [1.82, 2.24) is 10.2 Å². The molecule has 1 atom stereocenters. The summed E-state index contributed by atoms with van der Waals surface area (Å²) in [5.41, 5.74) is 9.09. The van der Waals surface area contributed by atoms with Crippen molar-refractivity contribution in [1.29, 1.82) is 0 Å². The van der Waals surface area contributed by atoms with E-state index in [1.165, 1.54) is 0 Å². The minimum Gasteiger partial charge on any atom is -0.419 e. The van der Waals surface area contributed by atoms with Crippen LogP contribution in [-0.2, 0) is 0 Å². The second-order valence-corrected chi connectivity index (χ2v) is 5.71. The molecule has 0 radical (unpaired) electrons. The Hall–Kier alpha value is -1.98. The fourth-order valence-corrected chi connectivity index (χ4v) is 2.61. The van der Waals surface area contributed by atoms with Gasteiger partial charge in [-0.25, -0.2) is 0 Å². The van der Waals surface area contributed by atoms with Gasteiger partial charge in [0.2, 0.25) is 11.8 Å². The van der Waals surface area contributed by atoms with Crippen molar-refractivity contribution < 1.29 is 4.42 Å². The van der Waals surface area contributed by atoms with Gasteiger partial charge >= 0.3 is 0 Å². The Morgan fingerprint density at radius 2 is 1.86 bits per heavy atom. The highest BCUT2D eigenvalue weighted by atomic mass is 79.9. The van der Waals surface area contributed by atoms with Crippen LogP contribution in [0.4, 0.5) is 0 Å². The first-order valence-electron chi connectivity index (χ1n) is 6.55. The van der Waals surface area contributed by atoms with E-state index in [1.807, 2.05) is 55.5 Å². The van der Waals surface area contributed by atoms with Crippen molar-refractivity contribution in [2.75, 3.05) is 0 Å². The average Bonchev–Trinajstić information content (AvgIpc) is 2.97. The van der Waals surface area contributed by atoms with Crippen LogP contribution in [0.15, 0.2) is 57.4 Å². The van der Waals surface area contributed by atoms with E-state index in [1.54, 1.807) is 0 Å². The Kier molecular flexibility index (Phi) is 3.86. The molecule has 0 amide bonds. The summed E-state index contributed by atoms with van der Waals surface area (Å²) in [6.45, 7) is 2.00. The molecule has 0 fully saturated rings. The summed E-state index contributed by atoms with van der Waals surface area (Å²) in [6.07, 6.45) is 0. The van der Waals surface area contributed by atoms with Gasteiger partial charge in [-0.2, -0.15) is 0 Å². The minimum absolute atomic E-state index is 0.414. The summed E-state index contributed by atoms with van der Waals surface area (Å²) in [5.74, 6) is 0.903. The van der Waals surface area contributed by atoms with Crippen LogP contribution in [0.2, 0.25) is 0 Å². The summed E-state index contributed by atoms with van der Waals surface area (Å²) in [4.78, 5) is 0. The number of benzene rings is 2. The zero-order chi connectivity index (χ0) is 14.8. The molecular formula is C16H14BrN3O. The molecule has 21 heavy (non-hydrogen) atoms. The average molecular weight is 344 g/mol. The predicted octanol–water partition coefficient (Wildman–Crippen LogP) is 3.86. The van der Waals surface area contributed by atoms with E-state index < -0.39 is 6.04 Å². The molecule has 3 aromatic rings. The van der Waals surface area contributed by atoms with E-state index in [2.05, 4.69) is 26.1 Å². The number of nitrogens with zero attached hydrogens (tertiary/aromatic N) is 2. The molecule has 0 aliphatic rings. The molecule has 106 valence electrons. The van der Waals surface area contributed by atoms with Crippen LogP contribution in [0.25, 0.3) is 11.5 Å². The maximum Gasteiger partial charge on any atom is 0.248 e. The number of aryl methyl sites for hydroxylation is 1. The van der Waals surface area contributed by atoms with E-state index >= 15 is 0 Å². The number of nitrogens with two attached hydrogens (primary N) is 1. The Labute approximate surface area is 131 Å². The van der Waals surface area contributed by atoms with Gasteiger partial charge in [0.05, 0.1) is 0 Å². The Bertz CT molecular complexity index is 755. The molecule has 1 heterocycles. The Morgan fingerprint density at radius 3 is 2.57 bits per heavy atom. The van der Waals surface area contributed by atoms with E-state index in [4.69, 9.17) is 10.2 Å². The van der Waals surface area contributed by atoms with Crippen molar-refractivity contribution in [3.63, 3.8) is 0 Å². The third-order valence-corrected chi connectivity index (χ3v) is 3.78. The first kappa shape index (κ1) is 14.0. The van der Waals surface area contributed by atoms with Gasteiger partial charge in [-0.15, -0.1) is 10.2 Å². The molecule has 0 aliphatic heterocycles. The summed E-state index contributed by atoms with van der Waals surface area (Å²) in [6, 6.07) is 15.2. The van der Waals surface area contributed by atoms with Gasteiger partial charge in [-0.3, -0.25) is 0 Å². The molecule has 2 aromatic carbocycles. The second kappa shape index (κ2) is 5.79. The highest BCUT2D eigenvalue weighted by Crippen LogP contribution is 2.27. The number of aromatic nitrogens is 2. The molecule has 0 bridgehead atoms. The van der Waals surface area contributed by atoms with Crippen LogP contribution in [0.3, 0.4) is 0 Å². The summed E-state index contributed by atoms with van der Waals surface area (Å²) in [5, 5.41) is 8.19. The van der Waals surface area contributed by atoms with Crippen LogP contribution in [-0.4, -0.2) is 10.2 Å². The molecule has 4 nitrogen and oxygen atoms in total. The lowest BCUT2D eigenvalue weighted by Crippen LogP contribution is -2.11. The van der Waals surface area contributed by atoms with E-state index in [9.17, 15) is 0 Å². The van der Waals surface area contributed by atoms with Gasteiger partial charge < -0.3 is 10.2 Å². The van der Waals surface area contributed by atoms with Crippen LogP contribution < -0.4 is 5.73 Å². The smallest absolute Gasteiger partial charge is 0.248 e. The highest BCUT2D eigenvalue weighted by molar-refractivity contribution is 9.10. The van der Waals surface area contributed by atoms with Crippen LogP contribution >= 0.6 is 15.9 Å². The predicted molar refractivity (Wildman–Crippen MR) is 84.6 cm³/mol. The van der Waals surface area contributed by atoms with Crippen LogP contribution in [0.5, 0.6) is 0 Å². The van der Waals surface area contributed by atoms with E-state index in [0.29, 0.717) is 11.8 Å². The molecule has 2 N–H and O–H groups in total. The van der Waals surface area contributed by atoms with Gasteiger partial charge in [-0.1, -0.05) is 46.3 Å². The third-order valence-electron chi connectivity index (χ3n) is 3.28. The minimum atomic E-state index is -0.414. The second-order valence-electron chi connectivity index (χ2n) is 4.79. The van der Waals surface area contributed by atoms with Crippen LogP contribution in [0, 0.1) is 6.92 Å². The molecule has 1 aromatic heterocycles. The molecule has 0 saturated carbocycles. The van der Waals surface area contributed by atoms with Gasteiger partial charge in [0, 0.05) is 10.0 Å². The fourth-order valence-electron chi connectivity index (χ4n) is 2.14. The van der Waals surface area contributed by atoms with Crippen molar-refractivity contribution in [3.05, 3.63) is 70.0 Å². The lowest BCUT2D eigenvalue weighted by molar-refractivity contribution is 0.484. The first-order chi connectivity index (χ1) is 10.1. The Balaban J connectivity index is 1.93. The summed E-state index contributed by atoms with van der Waals surface area (Å²) < 4.78 is 6.76. The Morgan fingerprint density at radius 1 is 1.10 bits per heavy atom. The molecule has 5 heteroatoms. The molecule has 3 rings (SSSR count). The fraction of sp³-hybridized carbons (Fsp3) is 0.125. The molecular weight excluding hydrogens is 330 g/mol. The SMILES string of the molecule is Cc1cc(Br)ccc1-c1nnc(C(N)c2ccccc2)o1. The third kappa shape index (κ3) is 2.89. The quantitative estimate of drug-likeness (QED) is 0.784. The normalized spacial score (nSPS) is 12.3. The number of hydrogen-bond donors (Lipinski definition) is 1. The van der Waals surface area contributed by atoms with Crippen molar-refractivity contribution in [3.8, 4) is 11.5 Å². The zero-order valence-corrected chi connectivity index (χ0v) is 13.0. The van der Waals surface area contributed by atoms with Gasteiger partial charge in [0.1, 0.15) is 6.04 Å². The first-order valence-corrected chi connectivity index (χ1v) is 7.35. The summed E-state index contributed by atoms with van der Waals surface area (Å²) in [7, 11) is 0. The molecule has 0 aliphatic carbocycles. The monoisotopic (exact) mass is 343 g/mol. The van der Waals surface area contributed by atoms with Crippen molar-refractivity contribution >= 4 is 15.9 Å². The van der Waals surface area contributed by atoms with Crippen molar-refractivity contribution in [2.24, 2.45) is 5.73 Å². The standard InChI is InChI=1S/C16H14BrN3O/c1-10-9-12(17)7-8-13(10)15-19-20-16(21-15)14(18)11-5-3-2-4-6-11/h2-9,14H,18H2,1H3. The maximum absolute atomic E-state index is 6.17. The number of hydrogen-bond acceptors (Lipinski definition) is 4. The van der Waals surface area contributed by atoms with Crippen LogP contribution in [0.1, 0.15) is 23.1 Å². The van der Waals surface area contributed by atoms with Gasteiger partial charge in [0.15, 0.2) is 0 Å². The lowest BCUT2D eigenvalue weighted by atomic mass is 10.1. The number of halogens is 1. The molecule has 0 saturated heterocycles. The lowest BCUT2D eigenvalue weighted by Gasteiger charge is -2.06. The van der Waals surface area contributed by atoms with E-state index in [-0.39, 0.29) is 0 Å².